The molecule has 3 aromatic rings. The Morgan fingerprint density at radius 3 is 1.97 bits per heavy atom. The van der Waals surface area contributed by atoms with E-state index in [-0.39, 0.29) is 28.1 Å². The molecule has 3 nitrogen and oxygen atoms in total. The molecule has 0 spiro atoms. The van der Waals surface area contributed by atoms with Crippen molar-refractivity contribution in [3.8, 4) is 11.8 Å². The molecule has 12 heteroatoms. The first-order valence-electron chi connectivity index (χ1n) is 8.43. The number of hydrogen-bond donors (Lipinski definition) is 0. The van der Waals surface area contributed by atoms with Gasteiger partial charge in [-0.2, -0.15) is 36.7 Å². The Labute approximate surface area is 173 Å². The molecule has 0 atom stereocenters. The molecule has 0 bridgehead atoms. The number of aromatic nitrogens is 2. The molecule has 0 aliphatic rings. The molecule has 1 heterocycles. The SMILES string of the molecule is N#CC(=Cc1ccc(-n2nc(C(F)(F)F)cc2C(F)(F)F)cc1)c1cc(F)c(F)cc1F. The van der Waals surface area contributed by atoms with Crippen molar-refractivity contribution in [2.75, 3.05) is 0 Å². The smallest absolute Gasteiger partial charge is 0.228 e. The van der Waals surface area contributed by atoms with E-state index < -0.39 is 52.3 Å². The van der Waals surface area contributed by atoms with Gasteiger partial charge in [0, 0.05) is 17.7 Å². The molecular formula is C20H8F9N3. The highest BCUT2D eigenvalue weighted by atomic mass is 19.4. The van der Waals surface area contributed by atoms with Crippen LogP contribution in [0.4, 0.5) is 39.5 Å². The number of allylic oxidation sites excluding steroid dienone is 1. The van der Waals surface area contributed by atoms with Gasteiger partial charge in [-0.15, -0.1) is 0 Å². The maximum absolute atomic E-state index is 13.9. The molecule has 0 fully saturated rings. The zero-order valence-electron chi connectivity index (χ0n) is 15.4. The highest BCUT2D eigenvalue weighted by molar-refractivity contribution is 5.89. The van der Waals surface area contributed by atoms with Gasteiger partial charge in [-0.25, -0.2) is 17.9 Å². The molecule has 2 aromatic carbocycles. The average molecular weight is 461 g/mol. The van der Waals surface area contributed by atoms with Crippen LogP contribution in [0.1, 0.15) is 22.5 Å². The van der Waals surface area contributed by atoms with E-state index in [1.165, 1.54) is 0 Å². The molecule has 32 heavy (non-hydrogen) atoms. The first kappa shape index (κ1) is 22.9. The van der Waals surface area contributed by atoms with Gasteiger partial charge in [0.2, 0.25) is 0 Å². The van der Waals surface area contributed by atoms with E-state index >= 15 is 0 Å². The number of hydrogen-bond acceptors (Lipinski definition) is 2. The van der Waals surface area contributed by atoms with Gasteiger partial charge in [0.05, 0.1) is 17.3 Å². The summed E-state index contributed by atoms with van der Waals surface area (Å²) in [6.07, 6.45) is -9.20. The number of alkyl halides is 6. The summed E-state index contributed by atoms with van der Waals surface area (Å²) in [5.41, 5.74) is -4.64. The van der Waals surface area contributed by atoms with Gasteiger partial charge < -0.3 is 0 Å². The van der Waals surface area contributed by atoms with Crippen molar-refractivity contribution in [1.29, 1.82) is 5.26 Å². The Bertz CT molecular complexity index is 1230. The molecule has 0 aliphatic carbocycles. The van der Waals surface area contributed by atoms with Crippen LogP contribution in [0.2, 0.25) is 0 Å². The van der Waals surface area contributed by atoms with Crippen molar-refractivity contribution in [3.05, 3.63) is 82.4 Å². The standard InChI is InChI=1S/C20H8F9N3/c21-14-7-16(23)15(22)6-13(14)11(9-30)5-10-1-3-12(4-2-10)32-18(20(27,28)29)8-17(31-32)19(24,25)26/h1-8H. The molecule has 0 N–H and O–H groups in total. The quantitative estimate of drug-likeness (QED) is 0.196. The normalized spacial score (nSPS) is 12.7. The lowest BCUT2D eigenvalue weighted by Crippen LogP contribution is -2.13. The number of halogens is 9. The number of nitrogens with zero attached hydrogens (tertiary/aromatic N) is 3. The number of rotatable bonds is 3. The van der Waals surface area contributed by atoms with Crippen LogP contribution >= 0.6 is 0 Å². The zero-order chi connectivity index (χ0) is 23.8. The van der Waals surface area contributed by atoms with Gasteiger partial charge in [-0.3, -0.25) is 0 Å². The van der Waals surface area contributed by atoms with Crippen LogP contribution in [0.3, 0.4) is 0 Å². The molecule has 1 aromatic heterocycles. The van der Waals surface area contributed by atoms with Gasteiger partial charge in [-0.05, 0) is 29.8 Å². The molecule has 0 saturated carbocycles. The maximum Gasteiger partial charge on any atom is 0.435 e. The maximum atomic E-state index is 13.9. The van der Waals surface area contributed by atoms with E-state index in [9.17, 15) is 44.8 Å². The lowest BCUT2D eigenvalue weighted by atomic mass is 10.0. The van der Waals surface area contributed by atoms with Crippen LogP contribution in [0, 0.1) is 28.8 Å². The summed E-state index contributed by atoms with van der Waals surface area (Å²) in [6.45, 7) is 0. The first-order chi connectivity index (χ1) is 14.8. The van der Waals surface area contributed by atoms with Crippen LogP contribution < -0.4 is 0 Å². The molecular weight excluding hydrogens is 453 g/mol. The highest BCUT2D eigenvalue weighted by Crippen LogP contribution is 2.36. The summed E-state index contributed by atoms with van der Waals surface area (Å²) >= 11 is 0. The molecule has 0 radical (unpaired) electrons. The lowest BCUT2D eigenvalue weighted by molar-refractivity contribution is -0.143. The second-order valence-electron chi connectivity index (χ2n) is 6.33. The minimum atomic E-state index is -5.13. The number of benzene rings is 2. The summed E-state index contributed by atoms with van der Waals surface area (Å²) in [5, 5.41) is 12.2. The monoisotopic (exact) mass is 461 g/mol. The second kappa shape index (κ2) is 8.07. The molecule has 0 unspecified atom stereocenters. The van der Waals surface area contributed by atoms with Gasteiger partial charge >= 0.3 is 12.4 Å². The van der Waals surface area contributed by atoms with E-state index in [2.05, 4.69) is 5.10 Å². The molecule has 166 valence electrons. The molecule has 0 aliphatic heterocycles. The molecule has 0 saturated heterocycles. The Balaban J connectivity index is 2.03. The molecule has 3 rings (SSSR count). The van der Waals surface area contributed by atoms with Crippen molar-refractivity contribution in [3.63, 3.8) is 0 Å². The van der Waals surface area contributed by atoms with E-state index in [0.717, 1.165) is 30.3 Å². The third-order valence-electron chi connectivity index (χ3n) is 4.16. The lowest BCUT2D eigenvalue weighted by Gasteiger charge is -2.10. The summed E-state index contributed by atoms with van der Waals surface area (Å²) in [6, 6.07) is 6.40. The van der Waals surface area contributed by atoms with Crippen LogP contribution in [-0.2, 0) is 12.4 Å². The van der Waals surface area contributed by atoms with Gasteiger partial charge in [0.15, 0.2) is 17.3 Å². The summed E-state index contributed by atoms with van der Waals surface area (Å²) < 4.78 is 118. The van der Waals surface area contributed by atoms with Crippen molar-refractivity contribution in [1.82, 2.24) is 9.78 Å². The van der Waals surface area contributed by atoms with E-state index in [4.69, 9.17) is 0 Å². The van der Waals surface area contributed by atoms with E-state index in [0.29, 0.717) is 6.07 Å². The van der Waals surface area contributed by atoms with Crippen LogP contribution in [0.5, 0.6) is 0 Å². The third-order valence-corrected chi connectivity index (χ3v) is 4.16. The minimum absolute atomic E-state index is 0.0660. The van der Waals surface area contributed by atoms with Gasteiger partial charge in [0.25, 0.3) is 0 Å². The van der Waals surface area contributed by atoms with Crippen molar-refractivity contribution >= 4 is 11.6 Å². The summed E-state index contributed by atoms with van der Waals surface area (Å²) in [4.78, 5) is 0. The predicted molar refractivity (Wildman–Crippen MR) is 93.4 cm³/mol. The van der Waals surface area contributed by atoms with Crippen molar-refractivity contribution in [2.45, 2.75) is 12.4 Å². The van der Waals surface area contributed by atoms with Crippen LogP contribution in [0.15, 0.2) is 42.5 Å². The topological polar surface area (TPSA) is 41.6 Å². The third kappa shape index (κ3) is 4.61. The van der Waals surface area contributed by atoms with Gasteiger partial charge in [-0.1, -0.05) is 12.1 Å². The van der Waals surface area contributed by atoms with E-state index in [1.54, 1.807) is 6.07 Å². The van der Waals surface area contributed by atoms with Crippen LogP contribution in [0.25, 0.3) is 17.3 Å². The largest absolute Gasteiger partial charge is 0.435 e. The Hall–Kier alpha value is -3.75. The van der Waals surface area contributed by atoms with Crippen LogP contribution in [-0.4, -0.2) is 9.78 Å². The Morgan fingerprint density at radius 1 is 0.844 bits per heavy atom. The fraction of sp³-hybridized carbons (Fsp3) is 0.100. The van der Waals surface area contributed by atoms with E-state index in [1.807, 2.05) is 0 Å². The fourth-order valence-electron chi connectivity index (χ4n) is 2.70. The Morgan fingerprint density at radius 2 is 1.44 bits per heavy atom. The Kier molecular flexibility index (Phi) is 5.78. The fourth-order valence-corrected chi connectivity index (χ4v) is 2.70. The van der Waals surface area contributed by atoms with Crippen molar-refractivity contribution in [2.24, 2.45) is 0 Å². The average Bonchev–Trinajstić information content (AvgIpc) is 3.16. The minimum Gasteiger partial charge on any atom is -0.228 e. The second-order valence-corrected chi connectivity index (χ2v) is 6.33. The predicted octanol–water partition coefficient (Wildman–Crippen LogP) is 6.39. The number of nitriles is 1. The first-order valence-corrected chi connectivity index (χ1v) is 8.43. The van der Waals surface area contributed by atoms with Crippen molar-refractivity contribution < 1.29 is 39.5 Å². The zero-order valence-corrected chi connectivity index (χ0v) is 15.4. The van der Waals surface area contributed by atoms with Gasteiger partial charge in [0.1, 0.15) is 11.5 Å². The summed E-state index contributed by atoms with van der Waals surface area (Å²) in [7, 11) is 0. The highest BCUT2D eigenvalue weighted by Gasteiger charge is 2.42. The molecule has 0 amide bonds. The summed E-state index contributed by atoms with van der Waals surface area (Å²) in [5.74, 6) is -4.10.